The van der Waals surface area contributed by atoms with Crippen LogP contribution in [0.25, 0.3) is 0 Å². The Hall–Kier alpha value is -1.31. The zero-order valence-corrected chi connectivity index (χ0v) is 17.8. The van der Waals surface area contributed by atoms with Crippen LogP contribution in [0.5, 0.6) is 0 Å². The van der Waals surface area contributed by atoms with Gasteiger partial charge >= 0.3 is 0 Å². The highest BCUT2D eigenvalue weighted by atomic mass is 32.2. The van der Waals surface area contributed by atoms with E-state index in [4.69, 9.17) is 0 Å². The molecule has 1 amide bonds. The van der Waals surface area contributed by atoms with Gasteiger partial charge in [-0.1, -0.05) is 0 Å². The van der Waals surface area contributed by atoms with E-state index >= 15 is 0 Å². The number of piperidine rings is 1. The topological polar surface area (TPSA) is 65.8 Å². The van der Waals surface area contributed by atoms with Crippen LogP contribution in [0.3, 0.4) is 0 Å². The van der Waals surface area contributed by atoms with Crippen molar-refractivity contribution in [3.63, 3.8) is 0 Å². The highest BCUT2D eigenvalue weighted by Gasteiger charge is 2.38. The van der Waals surface area contributed by atoms with E-state index in [0.717, 1.165) is 44.6 Å². The predicted octanol–water partition coefficient (Wildman–Crippen LogP) is 1.76. The third-order valence-corrected chi connectivity index (χ3v) is 8.47. The lowest BCUT2D eigenvalue weighted by molar-refractivity contribution is 0.0667. The number of likely N-dealkylation sites (tertiary alicyclic amines) is 2. The Labute approximate surface area is 176 Å². The molecule has 29 heavy (non-hydrogen) atoms. The predicted molar refractivity (Wildman–Crippen MR) is 115 cm³/mol. The van der Waals surface area contributed by atoms with Crippen LogP contribution in [-0.4, -0.2) is 75.2 Å². The Morgan fingerprint density at radius 2 is 1.97 bits per heavy atom. The number of amides is 1. The fourth-order valence-corrected chi connectivity index (χ4v) is 7.02. The molecule has 1 aromatic heterocycles. The van der Waals surface area contributed by atoms with Crippen LogP contribution >= 0.6 is 11.8 Å². The maximum absolute atomic E-state index is 13.3. The molecule has 7 heteroatoms. The first kappa shape index (κ1) is 19.6. The standard InChI is InChI=1S/C22H31N3O3S/c26-14-18-2-1-7-24(18)21(27)19-3-4-20-16-10-15(12-25(20)22(19)28)11-23(13-16)17-5-8-29-9-6-17/h3-4,15-18,26H,1-2,5-14H2/t15-,16+,18+/m0/s1. The minimum atomic E-state index is -0.209. The highest BCUT2D eigenvalue weighted by Crippen LogP contribution is 2.37. The molecule has 0 unspecified atom stereocenters. The molecular formula is C22H31N3O3S. The third-order valence-electron chi connectivity index (χ3n) is 7.42. The molecule has 3 fully saturated rings. The second kappa shape index (κ2) is 8.08. The molecule has 2 bridgehead atoms. The Balaban J connectivity index is 1.40. The van der Waals surface area contributed by atoms with Crippen molar-refractivity contribution in [2.24, 2.45) is 5.92 Å². The van der Waals surface area contributed by atoms with Gasteiger partial charge in [-0.2, -0.15) is 11.8 Å². The van der Waals surface area contributed by atoms with E-state index < -0.39 is 0 Å². The van der Waals surface area contributed by atoms with Crippen LogP contribution in [-0.2, 0) is 6.54 Å². The van der Waals surface area contributed by atoms with Gasteiger partial charge in [0.2, 0.25) is 0 Å². The number of aromatic nitrogens is 1. The molecule has 1 N–H and O–H groups in total. The van der Waals surface area contributed by atoms with Gasteiger partial charge in [0.25, 0.3) is 11.5 Å². The molecule has 5 rings (SSSR count). The summed E-state index contributed by atoms with van der Waals surface area (Å²) in [5.41, 5.74) is 1.25. The molecule has 5 heterocycles. The number of nitrogens with zero attached hydrogens (tertiary/aromatic N) is 3. The molecule has 4 aliphatic rings. The zero-order chi connectivity index (χ0) is 20.0. The number of carbonyl (C=O) groups excluding carboxylic acids is 1. The SMILES string of the molecule is O=C(c1ccc2n(c1=O)C[C@H]1C[C@@H]2CN(C2CCSCC2)C1)N1CCC[C@@H]1CO. The number of hydrogen-bond acceptors (Lipinski definition) is 5. The molecule has 0 aliphatic carbocycles. The normalized spacial score (nSPS) is 30.4. The minimum Gasteiger partial charge on any atom is -0.394 e. The van der Waals surface area contributed by atoms with E-state index in [0.29, 0.717) is 24.4 Å². The van der Waals surface area contributed by atoms with Crippen LogP contribution < -0.4 is 5.56 Å². The van der Waals surface area contributed by atoms with Crippen molar-refractivity contribution in [1.82, 2.24) is 14.4 Å². The van der Waals surface area contributed by atoms with Gasteiger partial charge in [0.15, 0.2) is 0 Å². The summed E-state index contributed by atoms with van der Waals surface area (Å²) in [6.45, 7) is 3.45. The van der Waals surface area contributed by atoms with Gasteiger partial charge in [-0.15, -0.1) is 0 Å². The van der Waals surface area contributed by atoms with Crippen molar-refractivity contribution >= 4 is 17.7 Å². The number of rotatable bonds is 3. The maximum Gasteiger partial charge on any atom is 0.263 e. The summed E-state index contributed by atoms with van der Waals surface area (Å²) in [5, 5.41) is 9.55. The number of aliphatic hydroxyl groups is 1. The molecule has 0 aromatic carbocycles. The quantitative estimate of drug-likeness (QED) is 0.812. The van der Waals surface area contributed by atoms with E-state index in [-0.39, 0.29) is 29.7 Å². The number of aliphatic hydroxyl groups excluding tert-OH is 1. The van der Waals surface area contributed by atoms with Crippen molar-refractivity contribution in [2.75, 3.05) is 37.7 Å². The number of fused-ring (bicyclic) bond motifs is 4. The van der Waals surface area contributed by atoms with E-state index in [2.05, 4.69) is 16.7 Å². The zero-order valence-electron chi connectivity index (χ0n) is 17.0. The van der Waals surface area contributed by atoms with Gasteiger partial charge in [0, 0.05) is 43.8 Å². The summed E-state index contributed by atoms with van der Waals surface area (Å²) in [4.78, 5) is 30.6. The molecule has 0 saturated carbocycles. The minimum absolute atomic E-state index is 0.0301. The summed E-state index contributed by atoms with van der Waals surface area (Å²) in [5.74, 6) is 3.22. The molecule has 0 spiro atoms. The van der Waals surface area contributed by atoms with Crippen molar-refractivity contribution in [3.8, 4) is 0 Å². The van der Waals surface area contributed by atoms with Crippen LogP contribution in [0.1, 0.15) is 54.1 Å². The van der Waals surface area contributed by atoms with E-state index in [9.17, 15) is 14.7 Å². The fourth-order valence-electron chi connectivity index (χ4n) is 5.94. The number of pyridine rings is 1. The molecule has 4 aliphatic heterocycles. The second-order valence-corrected chi connectivity index (χ2v) is 10.4. The number of carbonyl (C=O) groups is 1. The van der Waals surface area contributed by atoms with E-state index in [1.165, 1.54) is 24.3 Å². The molecule has 3 atom stereocenters. The first-order valence-electron chi connectivity index (χ1n) is 11.1. The molecule has 3 saturated heterocycles. The highest BCUT2D eigenvalue weighted by molar-refractivity contribution is 7.99. The van der Waals surface area contributed by atoms with Crippen molar-refractivity contribution < 1.29 is 9.90 Å². The first-order chi connectivity index (χ1) is 14.2. The van der Waals surface area contributed by atoms with Gasteiger partial charge in [-0.05, 0) is 61.7 Å². The summed E-state index contributed by atoms with van der Waals surface area (Å²) >= 11 is 2.07. The van der Waals surface area contributed by atoms with E-state index in [1.54, 1.807) is 11.0 Å². The molecule has 6 nitrogen and oxygen atoms in total. The molecule has 0 radical (unpaired) electrons. The van der Waals surface area contributed by atoms with E-state index in [1.807, 2.05) is 10.6 Å². The number of thioether (sulfide) groups is 1. The van der Waals surface area contributed by atoms with Gasteiger partial charge in [-0.25, -0.2) is 0 Å². The lowest BCUT2D eigenvalue weighted by Crippen LogP contribution is -2.52. The largest absolute Gasteiger partial charge is 0.394 e. The van der Waals surface area contributed by atoms with Crippen LogP contribution in [0.15, 0.2) is 16.9 Å². The lowest BCUT2D eigenvalue weighted by atomic mass is 9.82. The molecule has 158 valence electrons. The second-order valence-electron chi connectivity index (χ2n) is 9.16. The fraction of sp³-hybridized carbons (Fsp3) is 0.727. The van der Waals surface area contributed by atoms with Gasteiger partial charge < -0.3 is 14.6 Å². The lowest BCUT2D eigenvalue weighted by Gasteiger charge is -2.46. The monoisotopic (exact) mass is 417 g/mol. The first-order valence-corrected chi connectivity index (χ1v) is 12.3. The Morgan fingerprint density at radius 3 is 2.76 bits per heavy atom. The average Bonchev–Trinajstić information content (AvgIpc) is 3.23. The summed E-state index contributed by atoms with van der Waals surface area (Å²) < 4.78 is 1.89. The van der Waals surface area contributed by atoms with Crippen molar-refractivity contribution in [3.05, 3.63) is 33.7 Å². The molecular weight excluding hydrogens is 386 g/mol. The average molecular weight is 418 g/mol. The van der Waals surface area contributed by atoms with Gasteiger partial charge in [0.05, 0.1) is 12.6 Å². The third kappa shape index (κ3) is 3.55. The van der Waals surface area contributed by atoms with Crippen molar-refractivity contribution in [2.45, 2.75) is 56.7 Å². The van der Waals surface area contributed by atoms with Crippen LogP contribution in [0.2, 0.25) is 0 Å². The molecule has 1 aromatic rings. The summed E-state index contributed by atoms with van der Waals surface area (Å²) in [6, 6.07) is 4.33. The maximum atomic E-state index is 13.3. The Morgan fingerprint density at radius 1 is 1.14 bits per heavy atom. The number of hydrogen-bond donors (Lipinski definition) is 1. The Kier molecular flexibility index (Phi) is 5.47. The summed E-state index contributed by atoms with van der Waals surface area (Å²) in [7, 11) is 0. The summed E-state index contributed by atoms with van der Waals surface area (Å²) in [6.07, 6.45) is 5.43. The van der Waals surface area contributed by atoms with Crippen molar-refractivity contribution in [1.29, 1.82) is 0 Å². The van der Waals surface area contributed by atoms with Crippen LogP contribution in [0.4, 0.5) is 0 Å². The smallest absolute Gasteiger partial charge is 0.263 e. The van der Waals surface area contributed by atoms with Gasteiger partial charge in [-0.3, -0.25) is 14.5 Å². The van der Waals surface area contributed by atoms with Gasteiger partial charge in [0.1, 0.15) is 5.56 Å². The Bertz CT molecular complexity index is 835. The van der Waals surface area contributed by atoms with Crippen LogP contribution in [0, 0.1) is 5.92 Å².